The van der Waals surface area contributed by atoms with E-state index in [1.54, 1.807) is 37.3 Å². The van der Waals surface area contributed by atoms with Crippen LogP contribution in [-0.4, -0.2) is 35.9 Å². The summed E-state index contributed by atoms with van der Waals surface area (Å²) in [6, 6.07) is 12.8. The molecule has 5 nitrogen and oxygen atoms in total. The molecule has 0 aliphatic heterocycles. The van der Waals surface area contributed by atoms with E-state index in [4.69, 9.17) is 4.74 Å². The fourth-order valence-corrected chi connectivity index (χ4v) is 2.96. The van der Waals surface area contributed by atoms with Crippen LogP contribution in [0.3, 0.4) is 0 Å². The first-order valence-electron chi connectivity index (χ1n) is 9.47. The van der Waals surface area contributed by atoms with Crippen LogP contribution >= 0.6 is 22.6 Å². The van der Waals surface area contributed by atoms with Crippen molar-refractivity contribution in [2.75, 3.05) is 13.2 Å². The highest BCUT2D eigenvalue weighted by Crippen LogP contribution is 2.16. The Morgan fingerprint density at radius 3 is 2.38 bits per heavy atom. The summed E-state index contributed by atoms with van der Waals surface area (Å²) >= 11 is 2.18. The number of nitrogens with one attached hydrogen (secondary N) is 1. The fourth-order valence-electron chi connectivity index (χ4n) is 2.60. The molecule has 0 spiro atoms. The Kier molecular flexibility index (Phi) is 8.88. The molecule has 0 aliphatic rings. The largest absolute Gasteiger partial charge is 0.484 e. The van der Waals surface area contributed by atoms with E-state index in [2.05, 4.69) is 27.9 Å². The maximum Gasteiger partial charge on any atom is 0.261 e. The molecule has 0 saturated heterocycles. The van der Waals surface area contributed by atoms with Gasteiger partial charge in [-0.3, -0.25) is 9.59 Å². The molecule has 0 radical (unpaired) electrons. The van der Waals surface area contributed by atoms with Crippen LogP contribution in [0.25, 0.3) is 0 Å². The number of benzene rings is 2. The molecule has 156 valence electrons. The highest BCUT2D eigenvalue weighted by atomic mass is 127. The molecule has 2 rings (SSSR count). The van der Waals surface area contributed by atoms with Crippen molar-refractivity contribution in [3.8, 4) is 5.75 Å². The van der Waals surface area contributed by atoms with Crippen molar-refractivity contribution in [1.29, 1.82) is 0 Å². The molecule has 29 heavy (non-hydrogen) atoms. The first-order chi connectivity index (χ1) is 13.8. The predicted molar refractivity (Wildman–Crippen MR) is 119 cm³/mol. The highest BCUT2D eigenvalue weighted by Gasteiger charge is 2.27. The number of carbonyl (C=O) groups excluding carboxylic acids is 2. The Morgan fingerprint density at radius 2 is 1.76 bits per heavy atom. The van der Waals surface area contributed by atoms with E-state index < -0.39 is 11.9 Å². The summed E-state index contributed by atoms with van der Waals surface area (Å²) in [6.07, 6.45) is 0. The molecule has 7 heteroatoms. The Bertz CT molecular complexity index is 827. The van der Waals surface area contributed by atoms with Gasteiger partial charge in [-0.2, -0.15) is 0 Å². The van der Waals surface area contributed by atoms with E-state index in [0.29, 0.717) is 17.9 Å². The zero-order chi connectivity index (χ0) is 21.4. The van der Waals surface area contributed by atoms with Crippen LogP contribution in [0.15, 0.2) is 48.5 Å². The number of amides is 2. The van der Waals surface area contributed by atoms with E-state index in [-0.39, 0.29) is 30.9 Å². The second-order valence-corrected chi connectivity index (χ2v) is 8.42. The third-order valence-electron chi connectivity index (χ3n) is 4.33. The Morgan fingerprint density at radius 1 is 1.10 bits per heavy atom. The number of ether oxygens (including phenoxy) is 1. The number of hydrogen-bond acceptors (Lipinski definition) is 3. The smallest absolute Gasteiger partial charge is 0.261 e. The van der Waals surface area contributed by atoms with Crippen LogP contribution in [0.4, 0.5) is 4.39 Å². The van der Waals surface area contributed by atoms with Gasteiger partial charge in [0.25, 0.3) is 5.91 Å². The van der Waals surface area contributed by atoms with Gasteiger partial charge < -0.3 is 15.0 Å². The normalized spacial score (nSPS) is 11.8. The van der Waals surface area contributed by atoms with E-state index >= 15 is 0 Å². The zero-order valence-corrected chi connectivity index (χ0v) is 19.0. The van der Waals surface area contributed by atoms with Crippen LogP contribution in [0.1, 0.15) is 26.3 Å². The second kappa shape index (κ2) is 11.1. The summed E-state index contributed by atoms with van der Waals surface area (Å²) in [5, 5.41) is 2.83. The number of halogens is 2. The average Bonchev–Trinajstić information content (AvgIpc) is 2.70. The molecule has 0 fully saturated rings. The van der Waals surface area contributed by atoms with Crippen LogP contribution in [-0.2, 0) is 16.1 Å². The van der Waals surface area contributed by atoms with Crippen LogP contribution < -0.4 is 10.1 Å². The molecule has 1 atom stereocenters. The van der Waals surface area contributed by atoms with Gasteiger partial charge in [-0.25, -0.2) is 4.39 Å². The summed E-state index contributed by atoms with van der Waals surface area (Å²) < 4.78 is 20.8. The number of carbonyl (C=O) groups is 2. The quantitative estimate of drug-likeness (QED) is 0.517. The van der Waals surface area contributed by atoms with Gasteiger partial charge in [0.1, 0.15) is 17.6 Å². The van der Waals surface area contributed by atoms with E-state index in [1.165, 1.54) is 11.0 Å². The van der Waals surface area contributed by atoms with E-state index in [9.17, 15) is 14.0 Å². The van der Waals surface area contributed by atoms with Crippen molar-refractivity contribution in [3.63, 3.8) is 0 Å². The minimum atomic E-state index is -0.763. The lowest BCUT2D eigenvalue weighted by Gasteiger charge is -2.29. The van der Waals surface area contributed by atoms with Crippen molar-refractivity contribution < 1.29 is 18.7 Å². The van der Waals surface area contributed by atoms with Gasteiger partial charge in [-0.05, 0) is 65.8 Å². The molecule has 2 amide bonds. The van der Waals surface area contributed by atoms with Gasteiger partial charge in [0.15, 0.2) is 6.61 Å². The van der Waals surface area contributed by atoms with Crippen LogP contribution in [0.2, 0.25) is 0 Å². The van der Waals surface area contributed by atoms with Gasteiger partial charge >= 0.3 is 0 Å². The van der Waals surface area contributed by atoms with E-state index in [1.807, 2.05) is 26.0 Å². The summed E-state index contributed by atoms with van der Waals surface area (Å²) in [6.45, 7) is 5.86. The summed E-state index contributed by atoms with van der Waals surface area (Å²) in [7, 11) is 0. The van der Waals surface area contributed by atoms with Gasteiger partial charge in [-0.15, -0.1) is 0 Å². The standard InChI is InChI=1S/C22H26FIN2O3/c1-15(2)12-25-22(28)16(3)26(13-17-6-4-5-7-20(17)23)21(27)14-29-19-10-8-18(24)9-11-19/h4-11,15-16H,12-14H2,1-3H3,(H,25,28). The molecule has 0 heterocycles. The van der Waals surface area contributed by atoms with Crippen molar-refractivity contribution in [1.82, 2.24) is 10.2 Å². The first-order valence-corrected chi connectivity index (χ1v) is 10.5. The molecule has 0 aromatic heterocycles. The molecule has 2 aromatic carbocycles. The fraction of sp³-hybridized carbons (Fsp3) is 0.364. The third kappa shape index (κ3) is 7.30. The molecule has 1 N–H and O–H groups in total. The molecule has 0 saturated carbocycles. The SMILES string of the molecule is CC(C)CNC(=O)C(C)N(Cc1ccccc1F)C(=O)COc1ccc(I)cc1. The first kappa shape index (κ1) is 23.1. The van der Waals surface area contributed by atoms with E-state index in [0.717, 1.165) is 3.57 Å². The highest BCUT2D eigenvalue weighted by molar-refractivity contribution is 14.1. The maximum atomic E-state index is 14.1. The lowest BCUT2D eigenvalue weighted by Crippen LogP contribution is -2.49. The summed E-state index contributed by atoms with van der Waals surface area (Å²) in [5.74, 6) is -0.247. The number of nitrogens with zero attached hydrogens (tertiary/aromatic N) is 1. The van der Waals surface area contributed by atoms with Crippen molar-refractivity contribution in [3.05, 3.63) is 63.5 Å². The molecule has 0 aliphatic carbocycles. The predicted octanol–water partition coefficient (Wildman–Crippen LogP) is 4.00. The number of hydrogen-bond donors (Lipinski definition) is 1. The second-order valence-electron chi connectivity index (χ2n) is 7.17. The third-order valence-corrected chi connectivity index (χ3v) is 5.05. The van der Waals surface area contributed by atoms with Crippen molar-refractivity contribution >= 4 is 34.4 Å². The minimum absolute atomic E-state index is 0.0161. The molecule has 0 bridgehead atoms. The van der Waals surface area contributed by atoms with Gasteiger partial charge in [0, 0.05) is 22.2 Å². The van der Waals surface area contributed by atoms with Crippen molar-refractivity contribution in [2.24, 2.45) is 5.92 Å². The van der Waals surface area contributed by atoms with Gasteiger partial charge in [-0.1, -0.05) is 32.0 Å². The number of rotatable bonds is 9. The van der Waals surface area contributed by atoms with Crippen LogP contribution in [0, 0.1) is 15.3 Å². The summed E-state index contributed by atoms with van der Waals surface area (Å²) in [5.41, 5.74) is 0.346. The lowest BCUT2D eigenvalue weighted by atomic mass is 10.1. The molecular formula is C22H26FIN2O3. The van der Waals surface area contributed by atoms with Crippen molar-refractivity contribution in [2.45, 2.75) is 33.4 Å². The van der Waals surface area contributed by atoms with Crippen LogP contribution in [0.5, 0.6) is 5.75 Å². The lowest BCUT2D eigenvalue weighted by molar-refractivity contribution is -0.142. The Hall–Kier alpha value is -2.16. The molecular weight excluding hydrogens is 486 g/mol. The van der Waals surface area contributed by atoms with Gasteiger partial charge in [0.05, 0.1) is 0 Å². The Labute approximate surface area is 184 Å². The molecule has 1 unspecified atom stereocenters. The zero-order valence-electron chi connectivity index (χ0n) is 16.8. The minimum Gasteiger partial charge on any atom is -0.484 e. The topological polar surface area (TPSA) is 58.6 Å². The Balaban J connectivity index is 2.13. The molecule has 2 aromatic rings. The maximum absolute atomic E-state index is 14.1. The summed E-state index contributed by atoms with van der Waals surface area (Å²) in [4.78, 5) is 26.8. The monoisotopic (exact) mass is 512 g/mol. The van der Waals surface area contributed by atoms with Gasteiger partial charge in [0.2, 0.25) is 5.91 Å². The average molecular weight is 512 g/mol.